The lowest BCUT2D eigenvalue weighted by molar-refractivity contribution is -0.385. The zero-order valence-corrected chi connectivity index (χ0v) is 14.1. The maximum atomic E-state index is 12.4. The third kappa shape index (κ3) is 4.20. The molecule has 25 heavy (non-hydrogen) atoms. The van der Waals surface area contributed by atoms with Crippen molar-refractivity contribution < 1.29 is 19.2 Å². The molecule has 1 atom stereocenters. The molecule has 7 nitrogen and oxygen atoms in total. The van der Waals surface area contributed by atoms with E-state index in [9.17, 15) is 19.7 Å². The molecule has 0 aliphatic carbocycles. The Kier molecular flexibility index (Phi) is 5.49. The molecule has 0 aliphatic rings. The van der Waals surface area contributed by atoms with Gasteiger partial charge in [0.2, 0.25) is 0 Å². The van der Waals surface area contributed by atoms with Crippen LogP contribution in [0.2, 0.25) is 0 Å². The molecule has 2 aromatic carbocycles. The molecule has 1 unspecified atom stereocenters. The summed E-state index contributed by atoms with van der Waals surface area (Å²) in [6, 6.07) is 12.9. The maximum absolute atomic E-state index is 12.4. The SMILES string of the molecule is Cc1cc(C(=O)OC(C)C(=O)N(C)c2ccccc2)ccc1[N+](=O)[O-]. The monoisotopic (exact) mass is 342 g/mol. The predicted octanol–water partition coefficient (Wildman–Crippen LogP) is 3.11. The second-order valence-corrected chi connectivity index (χ2v) is 5.54. The van der Waals surface area contributed by atoms with Crippen LogP contribution in [0.25, 0.3) is 0 Å². The van der Waals surface area contributed by atoms with Gasteiger partial charge in [0.25, 0.3) is 11.6 Å². The first-order valence-electron chi connectivity index (χ1n) is 7.60. The fourth-order valence-electron chi connectivity index (χ4n) is 2.32. The number of nitro benzene ring substituents is 1. The minimum absolute atomic E-state index is 0.0792. The van der Waals surface area contributed by atoms with E-state index < -0.39 is 17.0 Å². The Labute approximate surface area is 145 Å². The van der Waals surface area contributed by atoms with Crippen molar-refractivity contribution in [1.82, 2.24) is 0 Å². The van der Waals surface area contributed by atoms with E-state index in [1.165, 1.54) is 36.9 Å². The van der Waals surface area contributed by atoms with Crippen LogP contribution in [-0.2, 0) is 9.53 Å². The Bertz CT molecular complexity index is 804. The minimum atomic E-state index is -0.992. The highest BCUT2D eigenvalue weighted by Gasteiger charge is 2.24. The highest BCUT2D eigenvalue weighted by Crippen LogP contribution is 2.20. The van der Waals surface area contributed by atoms with E-state index in [0.717, 1.165) is 0 Å². The van der Waals surface area contributed by atoms with Crippen LogP contribution in [0.3, 0.4) is 0 Å². The summed E-state index contributed by atoms with van der Waals surface area (Å²) in [7, 11) is 1.60. The number of aryl methyl sites for hydroxylation is 1. The lowest BCUT2D eigenvalue weighted by atomic mass is 10.1. The molecule has 0 bridgehead atoms. The molecule has 0 aliphatic heterocycles. The smallest absolute Gasteiger partial charge is 0.338 e. The van der Waals surface area contributed by atoms with Gasteiger partial charge in [-0.2, -0.15) is 0 Å². The van der Waals surface area contributed by atoms with Gasteiger partial charge in [-0.25, -0.2) is 4.79 Å². The van der Waals surface area contributed by atoms with Crippen molar-refractivity contribution in [1.29, 1.82) is 0 Å². The normalized spacial score (nSPS) is 11.5. The zero-order chi connectivity index (χ0) is 18.6. The molecule has 1 amide bonds. The molecule has 0 fully saturated rings. The van der Waals surface area contributed by atoms with Crippen LogP contribution in [0.15, 0.2) is 48.5 Å². The molecule has 2 rings (SSSR count). The number of esters is 1. The highest BCUT2D eigenvalue weighted by atomic mass is 16.6. The van der Waals surface area contributed by atoms with Crippen molar-refractivity contribution >= 4 is 23.3 Å². The molecule has 130 valence electrons. The molecular weight excluding hydrogens is 324 g/mol. The first-order valence-corrected chi connectivity index (χ1v) is 7.60. The van der Waals surface area contributed by atoms with E-state index in [1.807, 2.05) is 6.07 Å². The van der Waals surface area contributed by atoms with Gasteiger partial charge in [-0.15, -0.1) is 0 Å². The molecule has 0 aromatic heterocycles. The Balaban J connectivity index is 2.08. The van der Waals surface area contributed by atoms with Crippen LogP contribution in [0.1, 0.15) is 22.8 Å². The summed E-state index contributed by atoms with van der Waals surface area (Å²) in [5.74, 6) is -1.08. The first kappa shape index (κ1) is 18.1. The van der Waals surface area contributed by atoms with Crippen LogP contribution in [0.4, 0.5) is 11.4 Å². The number of carbonyl (C=O) groups is 2. The molecule has 0 spiro atoms. The standard InChI is InChI=1S/C18H18N2O5/c1-12-11-14(9-10-16(12)20(23)24)18(22)25-13(2)17(21)19(3)15-7-5-4-6-8-15/h4-11,13H,1-3H3. The number of hydrogen-bond donors (Lipinski definition) is 0. The van der Waals surface area contributed by atoms with E-state index in [1.54, 1.807) is 31.3 Å². The topological polar surface area (TPSA) is 89.8 Å². The van der Waals surface area contributed by atoms with Crippen molar-refractivity contribution in [2.24, 2.45) is 0 Å². The third-order valence-electron chi connectivity index (χ3n) is 3.73. The molecule has 0 saturated heterocycles. The summed E-state index contributed by atoms with van der Waals surface area (Å²) >= 11 is 0. The summed E-state index contributed by atoms with van der Waals surface area (Å²) in [6.07, 6.45) is -0.992. The van der Waals surface area contributed by atoms with Gasteiger partial charge in [0.05, 0.1) is 10.5 Å². The molecular formula is C18H18N2O5. The van der Waals surface area contributed by atoms with Crippen LogP contribution in [0.5, 0.6) is 0 Å². The number of anilines is 1. The van der Waals surface area contributed by atoms with Crippen LogP contribution in [-0.4, -0.2) is 30.0 Å². The van der Waals surface area contributed by atoms with Gasteiger partial charge in [0.15, 0.2) is 6.10 Å². The number of carbonyl (C=O) groups excluding carboxylic acids is 2. The van der Waals surface area contributed by atoms with Crippen molar-refractivity contribution in [3.63, 3.8) is 0 Å². The minimum Gasteiger partial charge on any atom is -0.449 e. The number of likely N-dealkylation sites (N-methyl/N-ethyl adjacent to an activating group) is 1. The van der Waals surface area contributed by atoms with Gasteiger partial charge in [0.1, 0.15) is 0 Å². The molecule has 0 saturated carbocycles. The van der Waals surface area contributed by atoms with Crippen molar-refractivity contribution in [3.8, 4) is 0 Å². The van der Waals surface area contributed by atoms with Gasteiger partial charge >= 0.3 is 5.97 Å². The Morgan fingerprint density at radius 1 is 1.16 bits per heavy atom. The average Bonchev–Trinajstić information content (AvgIpc) is 2.60. The lowest BCUT2D eigenvalue weighted by Gasteiger charge is -2.21. The van der Waals surface area contributed by atoms with Crippen molar-refractivity contribution in [3.05, 3.63) is 69.8 Å². The van der Waals surface area contributed by atoms with Gasteiger partial charge in [-0.05, 0) is 38.1 Å². The van der Waals surface area contributed by atoms with Gasteiger partial charge in [0, 0.05) is 24.4 Å². The molecule has 0 heterocycles. The van der Waals surface area contributed by atoms with E-state index in [2.05, 4.69) is 0 Å². The molecule has 0 N–H and O–H groups in total. The summed E-state index contributed by atoms with van der Waals surface area (Å²) in [5, 5.41) is 10.8. The Morgan fingerprint density at radius 2 is 1.80 bits per heavy atom. The predicted molar refractivity (Wildman–Crippen MR) is 92.6 cm³/mol. The molecule has 2 aromatic rings. The lowest BCUT2D eigenvalue weighted by Crippen LogP contribution is -2.37. The van der Waals surface area contributed by atoms with Crippen LogP contribution >= 0.6 is 0 Å². The number of nitrogens with zero attached hydrogens (tertiary/aromatic N) is 2. The summed E-state index contributed by atoms with van der Waals surface area (Å²) < 4.78 is 5.20. The summed E-state index contributed by atoms with van der Waals surface area (Å²) in [4.78, 5) is 36.3. The summed E-state index contributed by atoms with van der Waals surface area (Å²) in [5.41, 5.74) is 1.11. The van der Waals surface area contributed by atoms with Crippen molar-refractivity contribution in [2.45, 2.75) is 20.0 Å². The molecule has 7 heteroatoms. The number of ether oxygens (including phenoxy) is 1. The van der Waals surface area contributed by atoms with Crippen LogP contribution in [0, 0.1) is 17.0 Å². The Hall–Kier alpha value is -3.22. The molecule has 0 radical (unpaired) electrons. The number of benzene rings is 2. The quantitative estimate of drug-likeness (QED) is 0.473. The fraction of sp³-hybridized carbons (Fsp3) is 0.222. The van der Waals surface area contributed by atoms with Crippen molar-refractivity contribution in [2.75, 3.05) is 11.9 Å². The summed E-state index contributed by atoms with van der Waals surface area (Å²) in [6.45, 7) is 3.02. The highest BCUT2D eigenvalue weighted by molar-refractivity contribution is 5.98. The maximum Gasteiger partial charge on any atom is 0.338 e. The van der Waals surface area contributed by atoms with E-state index in [0.29, 0.717) is 11.3 Å². The Morgan fingerprint density at radius 3 is 2.36 bits per heavy atom. The van der Waals surface area contributed by atoms with E-state index in [-0.39, 0.29) is 17.2 Å². The largest absolute Gasteiger partial charge is 0.449 e. The average molecular weight is 342 g/mol. The number of hydrogen-bond acceptors (Lipinski definition) is 5. The second-order valence-electron chi connectivity index (χ2n) is 5.54. The fourth-order valence-corrected chi connectivity index (χ4v) is 2.32. The number of para-hydroxylation sites is 1. The zero-order valence-electron chi connectivity index (χ0n) is 14.1. The second kappa shape index (κ2) is 7.57. The van der Waals surface area contributed by atoms with E-state index >= 15 is 0 Å². The van der Waals surface area contributed by atoms with E-state index in [4.69, 9.17) is 4.74 Å². The number of amides is 1. The third-order valence-corrected chi connectivity index (χ3v) is 3.73. The first-order chi connectivity index (χ1) is 11.8. The van der Waals surface area contributed by atoms with Gasteiger partial charge in [-0.1, -0.05) is 18.2 Å². The van der Waals surface area contributed by atoms with Gasteiger partial charge in [-0.3, -0.25) is 14.9 Å². The number of rotatable bonds is 5. The number of nitro groups is 1. The van der Waals surface area contributed by atoms with Gasteiger partial charge < -0.3 is 9.64 Å². The van der Waals surface area contributed by atoms with Crippen LogP contribution < -0.4 is 4.90 Å².